The number of halogens is 2. The third-order valence-corrected chi connectivity index (χ3v) is 5.67. The van der Waals surface area contributed by atoms with Gasteiger partial charge in [0.15, 0.2) is 0 Å². The number of aromatic carboxylic acids is 1. The van der Waals surface area contributed by atoms with Crippen molar-refractivity contribution in [3.05, 3.63) is 51.0 Å². The maximum absolute atomic E-state index is 12.5. The summed E-state index contributed by atoms with van der Waals surface area (Å²) >= 11 is 9.07. The zero-order chi connectivity index (χ0) is 18.1. The fraction of sp³-hybridized carbons (Fsp3) is 0.133. The van der Waals surface area contributed by atoms with Crippen molar-refractivity contribution in [2.24, 2.45) is 0 Å². The minimum Gasteiger partial charge on any atom is -0.495 e. The first-order valence-corrected chi connectivity index (χ1v) is 9.21. The molecule has 0 atom stereocenters. The molecule has 0 saturated heterocycles. The van der Waals surface area contributed by atoms with Crippen molar-refractivity contribution in [1.29, 1.82) is 0 Å². The van der Waals surface area contributed by atoms with Crippen LogP contribution in [0.2, 0.25) is 5.02 Å². The number of carbonyl (C=O) groups is 1. The number of carboxylic acids is 1. The van der Waals surface area contributed by atoms with Crippen molar-refractivity contribution < 1.29 is 23.1 Å². The monoisotopic (exact) mass is 433 g/mol. The molecule has 0 bridgehead atoms. The molecule has 24 heavy (non-hydrogen) atoms. The van der Waals surface area contributed by atoms with Gasteiger partial charge in [-0.1, -0.05) is 11.6 Å². The highest BCUT2D eigenvalue weighted by Crippen LogP contribution is 2.33. The number of carboxylic acid groups (broad SMARTS) is 1. The van der Waals surface area contributed by atoms with Gasteiger partial charge >= 0.3 is 5.97 Å². The first-order chi connectivity index (χ1) is 11.2. The Bertz CT molecular complexity index is 914. The van der Waals surface area contributed by atoms with E-state index in [9.17, 15) is 13.2 Å². The molecule has 6 nitrogen and oxygen atoms in total. The number of ether oxygens (including phenoxy) is 1. The van der Waals surface area contributed by atoms with E-state index in [4.69, 9.17) is 21.4 Å². The largest absolute Gasteiger partial charge is 0.495 e. The highest BCUT2D eigenvalue weighted by molar-refractivity contribution is 9.10. The first kappa shape index (κ1) is 18.6. The van der Waals surface area contributed by atoms with Crippen LogP contribution in [-0.2, 0) is 10.0 Å². The Morgan fingerprint density at radius 2 is 1.96 bits per heavy atom. The average Bonchev–Trinajstić information content (AvgIpc) is 2.50. The molecule has 0 aromatic heterocycles. The van der Waals surface area contributed by atoms with Crippen LogP contribution in [0, 0.1) is 6.92 Å². The Morgan fingerprint density at radius 1 is 1.29 bits per heavy atom. The molecule has 0 heterocycles. The van der Waals surface area contributed by atoms with Gasteiger partial charge in [-0.15, -0.1) is 0 Å². The Hall–Kier alpha value is -1.77. The van der Waals surface area contributed by atoms with Gasteiger partial charge in [0.05, 0.1) is 23.3 Å². The number of aryl methyl sites for hydroxylation is 1. The van der Waals surface area contributed by atoms with Gasteiger partial charge < -0.3 is 9.84 Å². The zero-order valence-corrected chi connectivity index (χ0v) is 15.8. The Balaban J connectivity index is 2.48. The molecule has 0 aliphatic rings. The van der Waals surface area contributed by atoms with Crippen molar-refractivity contribution in [3.63, 3.8) is 0 Å². The Labute approximate surface area is 152 Å². The van der Waals surface area contributed by atoms with Crippen molar-refractivity contribution >= 4 is 49.2 Å². The summed E-state index contributed by atoms with van der Waals surface area (Å²) in [6.45, 7) is 1.72. The summed E-state index contributed by atoms with van der Waals surface area (Å²) in [5.41, 5.74) is 0.716. The van der Waals surface area contributed by atoms with Gasteiger partial charge in [0, 0.05) is 15.6 Å². The fourth-order valence-corrected chi connectivity index (χ4v) is 3.61. The summed E-state index contributed by atoms with van der Waals surface area (Å²) in [6, 6.07) is 6.77. The van der Waals surface area contributed by atoms with E-state index in [1.165, 1.54) is 31.4 Å². The molecule has 128 valence electrons. The molecule has 0 aliphatic heterocycles. The van der Waals surface area contributed by atoms with Gasteiger partial charge in [0.2, 0.25) is 0 Å². The minimum absolute atomic E-state index is 0.155. The third-order valence-electron chi connectivity index (χ3n) is 3.20. The van der Waals surface area contributed by atoms with Crippen molar-refractivity contribution in [2.75, 3.05) is 11.8 Å². The number of nitrogens with one attached hydrogen (secondary N) is 1. The minimum atomic E-state index is -4.01. The maximum atomic E-state index is 12.5. The lowest BCUT2D eigenvalue weighted by Gasteiger charge is -2.14. The number of sulfonamides is 1. The summed E-state index contributed by atoms with van der Waals surface area (Å²) in [4.78, 5) is 11.0. The summed E-state index contributed by atoms with van der Waals surface area (Å²) < 4.78 is 32.9. The predicted molar refractivity (Wildman–Crippen MR) is 94.7 cm³/mol. The summed E-state index contributed by atoms with van der Waals surface area (Å²) in [6.07, 6.45) is 0. The quantitative estimate of drug-likeness (QED) is 0.744. The van der Waals surface area contributed by atoms with Gasteiger partial charge in [-0.2, -0.15) is 0 Å². The van der Waals surface area contributed by atoms with Crippen LogP contribution >= 0.6 is 27.5 Å². The lowest BCUT2D eigenvalue weighted by Crippen LogP contribution is -2.15. The number of hydrogen-bond acceptors (Lipinski definition) is 4. The zero-order valence-electron chi connectivity index (χ0n) is 12.6. The molecule has 0 aliphatic carbocycles. The number of rotatable bonds is 5. The van der Waals surface area contributed by atoms with Gasteiger partial charge in [-0.25, -0.2) is 13.2 Å². The molecule has 2 N–H and O–H groups in total. The highest BCUT2D eigenvalue weighted by Gasteiger charge is 2.20. The topological polar surface area (TPSA) is 92.7 Å². The van der Waals surface area contributed by atoms with Crippen LogP contribution in [0.25, 0.3) is 0 Å². The summed E-state index contributed by atoms with van der Waals surface area (Å²) in [5, 5.41) is 9.55. The molecule has 2 rings (SSSR count). The number of hydrogen-bond donors (Lipinski definition) is 2. The van der Waals surface area contributed by atoms with Crippen LogP contribution in [0.5, 0.6) is 5.75 Å². The van der Waals surface area contributed by atoms with E-state index >= 15 is 0 Å². The lowest BCUT2D eigenvalue weighted by atomic mass is 10.2. The van der Waals surface area contributed by atoms with E-state index in [-0.39, 0.29) is 26.4 Å². The number of anilines is 1. The van der Waals surface area contributed by atoms with E-state index in [0.29, 0.717) is 10.6 Å². The van der Waals surface area contributed by atoms with Crippen LogP contribution in [-0.4, -0.2) is 26.6 Å². The van der Waals surface area contributed by atoms with E-state index in [1.807, 2.05) is 0 Å². The van der Waals surface area contributed by atoms with Gasteiger partial charge in [0.25, 0.3) is 10.0 Å². The molecule has 0 radical (unpaired) electrons. The smallest absolute Gasteiger partial charge is 0.336 e. The Morgan fingerprint density at radius 3 is 2.54 bits per heavy atom. The lowest BCUT2D eigenvalue weighted by molar-refractivity contribution is 0.0695. The fourth-order valence-electron chi connectivity index (χ4n) is 1.95. The predicted octanol–water partition coefficient (Wildman–Crippen LogP) is 3.92. The SMILES string of the molecule is COc1cc(Cl)c(C)cc1NS(=O)(=O)c1ccc(Br)c(C(=O)O)c1. The second-order valence-electron chi connectivity index (χ2n) is 4.85. The molecule has 2 aromatic rings. The van der Waals surface area contributed by atoms with Crippen LogP contribution in [0.3, 0.4) is 0 Å². The second-order valence-corrected chi connectivity index (χ2v) is 7.80. The number of methoxy groups -OCH3 is 1. The van der Waals surface area contributed by atoms with E-state index in [1.54, 1.807) is 6.92 Å². The van der Waals surface area contributed by atoms with Gasteiger partial charge in [-0.3, -0.25) is 4.72 Å². The molecule has 9 heteroatoms. The second kappa shape index (κ2) is 7.00. The van der Waals surface area contributed by atoms with E-state index in [2.05, 4.69) is 20.7 Å². The van der Waals surface area contributed by atoms with Crippen LogP contribution in [0.15, 0.2) is 39.7 Å². The normalized spacial score (nSPS) is 11.2. The maximum Gasteiger partial charge on any atom is 0.336 e. The molecular weight excluding hydrogens is 422 g/mol. The van der Waals surface area contributed by atoms with E-state index in [0.717, 1.165) is 6.07 Å². The van der Waals surface area contributed by atoms with Crippen LogP contribution in [0.1, 0.15) is 15.9 Å². The average molecular weight is 435 g/mol. The molecule has 0 fully saturated rings. The van der Waals surface area contributed by atoms with Crippen molar-refractivity contribution in [1.82, 2.24) is 0 Å². The Kier molecular flexibility index (Phi) is 5.42. The van der Waals surface area contributed by atoms with Crippen molar-refractivity contribution in [3.8, 4) is 5.75 Å². The molecule has 2 aromatic carbocycles. The van der Waals surface area contributed by atoms with Crippen LogP contribution in [0.4, 0.5) is 5.69 Å². The first-order valence-electron chi connectivity index (χ1n) is 6.55. The highest BCUT2D eigenvalue weighted by atomic mass is 79.9. The van der Waals surface area contributed by atoms with Gasteiger partial charge in [-0.05, 0) is 52.7 Å². The molecule has 0 spiro atoms. The standard InChI is InChI=1S/C15H13BrClNO5S/c1-8-5-13(14(23-2)7-12(8)17)18-24(21,22)9-3-4-11(16)10(6-9)15(19)20/h3-7,18H,1-2H3,(H,19,20). The van der Waals surface area contributed by atoms with E-state index < -0.39 is 16.0 Å². The molecule has 0 amide bonds. The third kappa shape index (κ3) is 3.82. The molecule has 0 unspecified atom stereocenters. The van der Waals surface area contributed by atoms with Crippen molar-refractivity contribution in [2.45, 2.75) is 11.8 Å². The molecule has 0 saturated carbocycles. The van der Waals surface area contributed by atoms with Gasteiger partial charge in [0.1, 0.15) is 5.75 Å². The summed E-state index contributed by atoms with van der Waals surface area (Å²) in [5.74, 6) is -0.983. The summed E-state index contributed by atoms with van der Waals surface area (Å²) in [7, 11) is -2.62. The molecular formula is C15H13BrClNO5S. The number of benzene rings is 2. The van der Waals surface area contributed by atoms with Crippen LogP contribution < -0.4 is 9.46 Å².